The van der Waals surface area contributed by atoms with Gasteiger partial charge < -0.3 is 4.74 Å². The molecule has 0 bridgehead atoms. The van der Waals surface area contributed by atoms with Crippen molar-refractivity contribution in [1.29, 1.82) is 0 Å². The van der Waals surface area contributed by atoms with Gasteiger partial charge in [-0.25, -0.2) is 0 Å². The lowest BCUT2D eigenvalue weighted by Gasteiger charge is -2.21. The predicted octanol–water partition coefficient (Wildman–Crippen LogP) is 4.32. The number of thioether (sulfide) groups is 1. The third kappa shape index (κ3) is 4.73. The van der Waals surface area contributed by atoms with E-state index in [0.29, 0.717) is 10.4 Å². The molecule has 1 amide bonds. The predicted molar refractivity (Wildman–Crippen MR) is 103 cm³/mol. The first-order valence-electron chi connectivity index (χ1n) is 8.61. The van der Waals surface area contributed by atoms with E-state index in [1.165, 1.54) is 35.3 Å². The number of fused-ring (bicyclic) bond motifs is 1. The highest BCUT2D eigenvalue weighted by atomic mass is 32.2. The van der Waals surface area contributed by atoms with Crippen LogP contribution in [0.1, 0.15) is 44.7 Å². The number of aryl methyl sites for hydroxylation is 1. The number of hydrogen-bond donors (Lipinski definition) is 1. The Kier molecular flexibility index (Phi) is 5.96. The van der Waals surface area contributed by atoms with Gasteiger partial charge >= 0.3 is 0 Å². The summed E-state index contributed by atoms with van der Waals surface area (Å²) in [5.74, 6) is 0.624. The van der Waals surface area contributed by atoms with Crippen LogP contribution in [0.3, 0.4) is 0 Å². The van der Waals surface area contributed by atoms with E-state index in [1.807, 2.05) is 12.1 Å². The van der Waals surface area contributed by atoms with Crippen molar-refractivity contribution in [1.82, 2.24) is 10.2 Å². The van der Waals surface area contributed by atoms with Crippen LogP contribution in [0.15, 0.2) is 22.5 Å². The topological polar surface area (TPSA) is 64.1 Å². The zero-order valence-corrected chi connectivity index (χ0v) is 16.4. The van der Waals surface area contributed by atoms with Crippen LogP contribution in [-0.4, -0.2) is 27.5 Å². The average Bonchev–Trinajstić information content (AvgIpc) is 3.01. The molecule has 0 unspecified atom stereocenters. The lowest BCUT2D eigenvalue weighted by molar-refractivity contribution is -0.122. The van der Waals surface area contributed by atoms with Crippen molar-refractivity contribution in [3.05, 3.63) is 29.3 Å². The third-order valence-corrected chi connectivity index (χ3v) is 5.93. The molecule has 0 aliphatic heterocycles. The average molecular weight is 378 g/mol. The fourth-order valence-electron chi connectivity index (χ4n) is 2.82. The molecule has 1 N–H and O–H groups in total. The van der Waals surface area contributed by atoms with Crippen molar-refractivity contribution in [3.63, 3.8) is 0 Å². The van der Waals surface area contributed by atoms with Crippen molar-refractivity contribution in [2.24, 2.45) is 0 Å². The first-order chi connectivity index (χ1) is 12.0. The highest BCUT2D eigenvalue weighted by Crippen LogP contribution is 2.31. The second-order valence-electron chi connectivity index (χ2n) is 6.39. The van der Waals surface area contributed by atoms with Crippen LogP contribution in [0.25, 0.3) is 0 Å². The molecule has 0 fully saturated rings. The Bertz CT molecular complexity index is 746. The summed E-state index contributed by atoms with van der Waals surface area (Å²) in [6.07, 6.45) is 3.92. The number of benzene rings is 1. The summed E-state index contributed by atoms with van der Waals surface area (Å²) in [5, 5.41) is 11.9. The van der Waals surface area contributed by atoms with Crippen molar-refractivity contribution in [2.45, 2.75) is 62.1 Å². The second-order valence-corrected chi connectivity index (χ2v) is 9.19. The number of carbonyl (C=O) groups excluding carboxylic acids is 1. The van der Waals surface area contributed by atoms with Crippen LogP contribution in [-0.2, 0) is 17.6 Å². The molecule has 2 aromatic rings. The Morgan fingerprint density at radius 1 is 1.24 bits per heavy atom. The minimum absolute atomic E-state index is 0.203. The second kappa shape index (κ2) is 8.19. The highest BCUT2D eigenvalue weighted by Gasteiger charge is 2.20. The lowest BCUT2D eigenvalue weighted by atomic mass is 9.91. The zero-order chi connectivity index (χ0) is 17.8. The Morgan fingerprint density at radius 3 is 2.84 bits per heavy atom. The van der Waals surface area contributed by atoms with Gasteiger partial charge in [0.05, 0.1) is 0 Å². The summed E-state index contributed by atoms with van der Waals surface area (Å²) >= 11 is 3.02. The number of amides is 1. The van der Waals surface area contributed by atoms with E-state index < -0.39 is 6.10 Å². The van der Waals surface area contributed by atoms with Gasteiger partial charge in [0.1, 0.15) is 5.75 Å². The summed E-state index contributed by atoms with van der Waals surface area (Å²) in [6, 6.07) is 6.11. The number of nitrogens with zero attached hydrogens (tertiary/aromatic N) is 2. The Balaban J connectivity index is 1.62. The van der Waals surface area contributed by atoms with Crippen molar-refractivity contribution < 1.29 is 9.53 Å². The Hall–Kier alpha value is -1.60. The van der Waals surface area contributed by atoms with Crippen LogP contribution >= 0.6 is 23.1 Å². The molecular formula is C18H23N3O2S2. The molecule has 0 radical (unpaired) electrons. The molecule has 25 heavy (non-hydrogen) atoms. The number of anilines is 1. The largest absolute Gasteiger partial charge is 0.481 e. The molecule has 0 saturated heterocycles. The van der Waals surface area contributed by atoms with Gasteiger partial charge in [0.15, 0.2) is 10.4 Å². The maximum Gasteiger partial charge on any atom is 0.266 e. The molecule has 1 aliphatic carbocycles. The minimum atomic E-state index is -0.585. The fourth-order valence-corrected chi connectivity index (χ4v) is 4.80. The van der Waals surface area contributed by atoms with Gasteiger partial charge in [0, 0.05) is 5.25 Å². The smallest absolute Gasteiger partial charge is 0.266 e. The highest BCUT2D eigenvalue weighted by molar-refractivity contribution is 8.01. The zero-order valence-electron chi connectivity index (χ0n) is 14.7. The SMILES string of the molecule is CC(C)Sc1nnc(NC(=O)[C@@H](C)Oc2cccc3c2CCCC3)s1. The summed E-state index contributed by atoms with van der Waals surface area (Å²) in [6.45, 7) is 5.96. The summed E-state index contributed by atoms with van der Waals surface area (Å²) in [5.41, 5.74) is 2.59. The number of carbonyl (C=O) groups is 1. The van der Waals surface area contributed by atoms with E-state index in [9.17, 15) is 4.79 Å². The number of rotatable bonds is 6. The summed E-state index contributed by atoms with van der Waals surface area (Å²) in [7, 11) is 0. The van der Waals surface area contributed by atoms with E-state index >= 15 is 0 Å². The summed E-state index contributed by atoms with van der Waals surface area (Å²) in [4.78, 5) is 12.4. The van der Waals surface area contributed by atoms with Crippen molar-refractivity contribution in [2.75, 3.05) is 5.32 Å². The Labute approximate surface area is 156 Å². The van der Waals surface area contributed by atoms with Crippen LogP contribution in [0.2, 0.25) is 0 Å². The third-order valence-electron chi connectivity index (χ3n) is 4.00. The van der Waals surface area contributed by atoms with Gasteiger partial charge in [-0.3, -0.25) is 10.1 Å². The fraction of sp³-hybridized carbons (Fsp3) is 0.500. The van der Waals surface area contributed by atoms with Crippen LogP contribution in [0.4, 0.5) is 5.13 Å². The van der Waals surface area contributed by atoms with Gasteiger partial charge in [0.2, 0.25) is 5.13 Å². The summed E-state index contributed by atoms with van der Waals surface area (Å²) < 4.78 is 6.81. The maximum absolute atomic E-state index is 12.4. The van der Waals surface area contributed by atoms with E-state index in [0.717, 1.165) is 22.9 Å². The molecule has 1 aromatic carbocycles. The maximum atomic E-state index is 12.4. The molecule has 0 saturated carbocycles. The van der Waals surface area contributed by atoms with Gasteiger partial charge in [-0.2, -0.15) is 0 Å². The lowest BCUT2D eigenvalue weighted by Crippen LogP contribution is -2.30. The molecule has 5 nitrogen and oxygen atoms in total. The van der Waals surface area contributed by atoms with Crippen LogP contribution in [0, 0.1) is 0 Å². The molecule has 3 rings (SSSR count). The van der Waals surface area contributed by atoms with Gasteiger partial charge in [0.25, 0.3) is 5.91 Å². The van der Waals surface area contributed by atoms with E-state index in [4.69, 9.17) is 4.74 Å². The van der Waals surface area contributed by atoms with Gasteiger partial charge in [-0.1, -0.05) is 49.1 Å². The number of aromatic nitrogens is 2. The minimum Gasteiger partial charge on any atom is -0.481 e. The van der Waals surface area contributed by atoms with Crippen LogP contribution < -0.4 is 10.1 Å². The molecule has 134 valence electrons. The first-order valence-corrected chi connectivity index (χ1v) is 10.3. The van der Waals surface area contributed by atoms with E-state index in [-0.39, 0.29) is 5.91 Å². The monoisotopic (exact) mass is 377 g/mol. The normalized spacial score (nSPS) is 14.9. The first kappa shape index (κ1) is 18.2. The molecule has 7 heteroatoms. The van der Waals surface area contributed by atoms with Crippen molar-refractivity contribution >= 4 is 34.1 Å². The standard InChI is InChI=1S/C18H23N3O2S2/c1-11(2)24-18-21-20-17(25-18)19-16(22)12(3)23-15-10-6-8-13-7-4-5-9-14(13)15/h6,8,10-12H,4-5,7,9H2,1-3H3,(H,19,20,22)/t12-/m1/s1. The number of hydrogen-bond acceptors (Lipinski definition) is 6. The van der Waals surface area contributed by atoms with E-state index in [2.05, 4.69) is 35.4 Å². The Morgan fingerprint density at radius 2 is 2.04 bits per heavy atom. The van der Waals surface area contributed by atoms with Crippen LogP contribution in [0.5, 0.6) is 5.75 Å². The number of ether oxygens (including phenoxy) is 1. The molecule has 1 atom stereocenters. The number of nitrogens with one attached hydrogen (secondary N) is 1. The molecule has 1 heterocycles. The molecule has 1 aliphatic rings. The molecule has 1 aromatic heterocycles. The molecular weight excluding hydrogens is 354 g/mol. The quantitative estimate of drug-likeness (QED) is 0.600. The van der Waals surface area contributed by atoms with E-state index in [1.54, 1.807) is 18.7 Å². The molecule has 0 spiro atoms. The van der Waals surface area contributed by atoms with Gasteiger partial charge in [-0.15, -0.1) is 10.2 Å². The van der Waals surface area contributed by atoms with Crippen molar-refractivity contribution in [3.8, 4) is 5.75 Å². The van der Waals surface area contributed by atoms with Gasteiger partial charge in [-0.05, 0) is 49.8 Å².